The maximum absolute atomic E-state index is 5.96. The van der Waals surface area contributed by atoms with Crippen molar-refractivity contribution in [3.8, 4) is 0 Å². The summed E-state index contributed by atoms with van der Waals surface area (Å²) in [6, 6.07) is 8.07. The van der Waals surface area contributed by atoms with Gasteiger partial charge >= 0.3 is 0 Å². The molecule has 0 heterocycles. The lowest BCUT2D eigenvalue weighted by Gasteiger charge is -2.13. The van der Waals surface area contributed by atoms with Gasteiger partial charge < -0.3 is 0 Å². The zero-order valence-corrected chi connectivity index (χ0v) is 10.7. The van der Waals surface area contributed by atoms with Gasteiger partial charge in [0.15, 0.2) is 0 Å². The second kappa shape index (κ2) is 7.14. The van der Waals surface area contributed by atoms with Gasteiger partial charge in [0.1, 0.15) is 0 Å². The predicted octanol–water partition coefficient (Wildman–Crippen LogP) is 4.93. The van der Waals surface area contributed by atoms with Gasteiger partial charge in [0, 0.05) is 10.9 Å². The van der Waals surface area contributed by atoms with Crippen molar-refractivity contribution in [2.75, 3.05) is 5.88 Å². The molecule has 0 bridgehead atoms. The molecule has 0 saturated heterocycles. The van der Waals surface area contributed by atoms with Gasteiger partial charge in [-0.25, -0.2) is 0 Å². The molecule has 1 aromatic rings. The lowest BCUT2D eigenvalue weighted by atomic mass is 9.96. The summed E-state index contributed by atoms with van der Waals surface area (Å²) in [4.78, 5) is 0. The minimum Gasteiger partial charge on any atom is -0.126 e. The Morgan fingerprint density at radius 2 is 2.13 bits per heavy atom. The summed E-state index contributed by atoms with van der Waals surface area (Å²) in [5.74, 6) is 1.33. The Kier molecular flexibility index (Phi) is 6.12. The number of hydrogen-bond donors (Lipinski definition) is 0. The molecule has 0 radical (unpaired) electrons. The maximum Gasteiger partial charge on any atom is 0.0408 e. The molecule has 0 spiro atoms. The van der Waals surface area contributed by atoms with Crippen LogP contribution in [0.2, 0.25) is 5.02 Å². The molecule has 0 fully saturated rings. The van der Waals surface area contributed by atoms with E-state index in [1.54, 1.807) is 0 Å². The third-order valence-corrected chi connectivity index (χ3v) is 3.27. The first-order valence-corrected chi connectivity index (χ1v) is 6.48. The molecule has 1 rings (SSSR count). The third-order valence-electron chi connectivity index (χ3n) is 2.60. The Morgan fingerprint density at radius 1 is 1.33 bits per heavy atom. The summed E-state index contributed by atoms with van der Waals surface area (Å²) in [7, 11) is 0. The van der Waals surface area contributed by atoms with Crippen molar-refractivity contribution in [1.82, 2.24) is 0 Å². The highest BCUT2D eigenvalue weighted by Gasteiger charge is 2.08. The fourth-order valence-corrected chi connectivity index (χ4v) is 2.20. The summed E-state index contributed by atoms with van der Waals surface area (Å²) < 4.78 is 0. The van der Waals surface area contributed by atoms with Gasteiger partial charge in [-0.3, -0.25) is 0 Å². The van der Waals surface area contributed by atoms with Crippen LogP contribution >= 0.6 is 23.2 Å². The highest BCUT2D eigenvalue weighted by atomic mass is 35.5. The van der Waals surface area contributed by atoms with Crippen LogP contribution in [0.4, 0.5) is 0 Å². The van der Waals surface area contributed by atoms with Crippen LogP contribution in [-0.4, -0.2) is 5.88 Å². The van der Waals surface area contributed by atoms with Crippen molar-refractivity contribution in [2.45, 2.75) is 32.6 Å². The summed E-state index contributed by atoms with van der Waals surface area (Å²) in [5.41, 5.74) is 1.30. The number of benzene rings is 1. The zero-order valence-electron chi connectivity index (χ0n) is 9.18. The highest BCUT2D eigenvalue weighted by molar-refractivity contribution is 6.30. The highest BCUT2D eigenvalue weighted by Crippen LogP contribution is 2.19. The van der Waals surface area contributed by atoms with Crippen LogP contribution < -0.4 is 0 Å². The number of halogens is 2. The Hall–Kier alpha value is -0.200. The average molecular weight is 245 g/mol. The van der Waals surface area contributed by atoms with E-state index in [0.29, 0.717) is 5.92 Å². The summed E-state index contributed by atoms with van der Waals surface area (Å²) in [6.45, 7) is 2.21. The topological polar surface area (TPSA) is 0 Å². The minimum absolute atomic E-state index is 0.588. The number of hydrogen-bond acceptors (Lipinski definition) is 0. The Balaban J connectivity index is 2.50. The molecule has 84 valence electrons. The van der Waals surface area contributed by atoms with Gasteiger partial charge in [-0.05, 0) is 36.5 Å². The molecule has 1 unspecified atom stereocenters. The molecule has 15 heavy (non-hydrogen) atoms. The van der Waals surface area contributed by atoms with Crippen LogP contribution in [0.3, 0.4) is 0 Å². The fourth-order valence-electron chi connectivity index (χ4n) is 1.72. The van der Waals surface area contributed by atoms with Crippen LogP contribution in [0, 0.1) is 5.92 Å². The van der Waals surface area contributed by atoms with E-state index in [2.05, 4.69) is 13.0 Å². The van der Waals surface area contributed by atoms with E-state index in [1.165, 1.54) is 24.8 Å². The summed E-state index contributed by atoms with van der Waals surface area (Å²) >= 11 is 11.9. The van der Waals surface area contributed by atoms with E-state index in [-0.39, 0.29) is 0 Å². The molecule has 0 aromatic heterocycles. The Morgan fingerprint density at radius 3 is 2.73 bits per heavy atom. The van der Waals surface area contributed by atoms with Crippen molar-refractivity contribution in [2.24, 2.45) is 5.92 Å². The maximum atomic E-state index is 5.96. The van der Waals surface area contributed by atoms with Gasteiger partial charge in [-0.2, -0.15) is 0 Å². The van der Waals surface area contributed by atoms with E-state index in [0.717, 1.165) is 17.3 Å². The molecular weight excluding hydrogens is 227 g/mol. The first-order valence-electron chi connectivity index (χ1n) is 5.56. The number of alkyl halides is 1. The molecule has 0 N–H and O–H groups in total. The molecule has 1 aromatic carbocycles. The van der Waals surface area contributed by atoms with Crippen LogP contribution in [0.25, 0.3) is 0 Å². The summed E-state index contributed by atoms with van der Waals surface area (Å²) in [5, 5.41) is 0.816. The molecule has 0 aliphatic heterocycles. The standard InChI is InChI=1S/C13H18Cl2/c1-2-3-5-12(10-14)8-11-6-4-7-13(15)9-11/h4,6-7,9,12H,2-3,5,8,10H2,1H3. The van der Waals surface area contributed by atoms with Crippen molar-refractivity contribution in [3.05, 3.63) is 34.9 Å². The van der Waals surface area contributed by atoms with Crippen molar-refractivity contribution in [3.63, 3.8) is 0 Å². The fraction of sp³-hybridized carbons (Fsp3) is 0.538. The molecular formula is C13H18Cl2. The SMILES string of the molecule is CCCCC(CCl)Cc1cccc(Cl)c1. The Bertz CT molecular complexity index is 284. The normalized spacial score (nSPS) is 12.7. The van der Waals surface area contributed by atoms with Gasteiger partial charge in [-0.1, -0.05) is 43.5 Å². The van der Waals surface area contributed by atoms with Gasteiger partial charge in [0.2, 0.25) is 0 Å². The Labute approximate surface area is 103 Å². The largest absolute Gasteiger partial charge is 0.126 e. The molecule has 2 heteroatoms. The zero-order chi connectivity index (χ0) is 11.1. The smallest absolute Gasteiger partial charge is 0.0408 e. The minimum atomic E-state index is 0.588. The quantitative estimate of drug-likeness (QED) is 0.623. The lowest BCUT2D eigenvalue weighted by Crippen LogP contribution is -2.06. The number of rotatable bonds is 6. The molecule has 0 aliphatic carbocycles. The van der Waals surface area contributed by atoms with E-state index in [4.69, 9.17) is 23.2 Å². The van der Waals surface area contributed by atoms with Crippen LogP contribution in [0.15, 0.2) is 24.3 Å². The van der Waals surface area contributed by atoms with E-state index in [9.17, 15) is 0 Å². The van der Waals surface area contributed by atoms with E-state index in [1.807, 2.05) is 18.2 Å². The molecule has 1 atom stereocenters. The molecule has 0 aliphatic rings. The first kappa shape index (κ1) is 12.9. The second-order valence-corrected chi connectivity index (χ2v) is 4.74. The van der Waals surface area contributed by atoms with Gasteiger partial charge in [-0.15, -0.1) is 11.6 Å². The average Bonchev–Trinajstić information content (AvgIpc) is 2.24. The number of unbranched alkanes of at least 4 members (excludes halogenated alkanes) is 1. The van der Waals surface area contributed by atoms with E-state index < -0.39 is 0 Å². The van der Waals surface area contributed by atoms with Crippen LogP contribution in [0.1, 0.15) is 31.7 Å². The molecule has 0 nitrogen and oxygen atoms in total. The van der Waals surface area contributed by atoms with Crippen LogP contribution in [-0.2, 0) is 6.42 Å². The third kappa shape index (κ3) is 4.90. The summed E-state index contributed by atoms with van der Waals surface area (Å²) in [6.07, 6.45) is 4.76. The van der Waals surface area contributed by atoms with Crippen molar-refractivity contribution >= 4 is 23.2 Å². The van der Waals surface area contributed by atoms with Gasteiger partial charge in [0.05, 0.1) is 0 Å². The van der Waals surface area contributed by atoms with Crippen molar-refractivity contribution < 1.29 is 0 Å². The van der Waals surface area contributed by atoms with E-state index >= 15 is 0 Å². The lowest BCUT2D eigenvalue weighted by molar-refractivity contribution is 0.509. The predicted molar refractivity (Wildman–Crippen MR) is 68.9 cm³/mol. The monoisotopic (exact) mass is 244 g/mol. The van der Waals surface area contributed by atoms with Crippen LogP contribution in [0.5, 0.6) is 0 Å². The van der Waals surface area contributed by atoms with Gasteiger partial charge in [0.25, 0.3) is 0 Å². The second-order valence-electron chi connectivity index (χ2n) is 4.00. The first-order chi connectivity index (χ1) is 7.26. The molecule has 0 amide bonds. The molecule has 0 saturated carbocycles. The van der Waals surface area contributed by atoms with Crippen molar-refractivity contribution in [1.29, 1.82) is 0 Å².